The first kappa shape index (κ1) is 18.8. The topological polar surface area (TPSA) is 56.1 Å². The Labute approximate surface area is 144 Å². The maximum Gasteiger partial charge on any atom is 0.416 e. The van der Waals surface area contributed by atoms with Gasteiger partial charge in [-0.05, 0) is 31.0 Å². The summed E-state index contributed by atoms with van der Waals surface area (Å²) in [6.07, 6.45) is 2.40. The van der Waals surface area contributed by atoms with Gasteiger partial charge in [0.2, 0.25) is 0 Å². The molecule has 0 radical (unpaired) electrons. The van der Waals surface area contributed by atoms with Gasteiger partial charge < -0.3 is 10.2 Å². The SMILES string of the molecule is CN(/C=C(/C#N)C(=O)Nc1cccc(C(F)(F)F)c1)C1CCCCC1. The smallest absolute Gasteiger partial charge is 0.376 e. The summed E-state index contributed by atoms with van der Waals surface area (Å²) in [6.45, 7) is 0. The number of benzene rings is 1. The van der Waals surface area contributed by atoms with Crippen LogP contribution in [0.1, 0.15) is 37.7 Å². The molecule has 1 aliphatic rings. The van der Waals surface area contributed by atoms with Crippen molar-refractivity contribution in [2.75, 3.05) is 12.4 Å². The van der Waals surface area contributed by atoms with Gasteiger partial charge in [0.25, 0.3) is 5.91 Å². The molecule has 0 aliphatic heterocycles. The van der Waals surface area contributed by atoms with Gasteiger partial charge in [0.1, 0.15) is 11.6 Å². The lowest BCUT2D eigenvalue weighted by molar-refractivity contribution is -0.137. The van der Waals surface area contributed by atoms with Crippen molar-refractivity contribution in [1.82, 2.24) is 4.90 Å². The van der Waals surface area contributed by atoms with Crippen LogP contribution in [0.3, 0.4) is 0 Å². The van der Waals surface area contributed by atoms with Crippen LogP contribution >= 0.6 is 0 Å². The van der Waals surface area contributed by atoms with Crippen LogP contribution in [0.15, 0.2) is 36.0 Å². The second kappa shape index (κ2) is 8.06. The lowest BCUT2D eigenvalue weighted by Crippen LogP contribution is -2.30. The number of nitriles is 1. The molecule has 0 aromatic heterocycles. The van der Waals surface area contributed by atoms with Crippen LogP contribution in [0.25, 0.3) is 0 Å². The van der Waals surface area contributed by atoms with Crippen LogP contribution in [0.4, 0.5) is 18.9 Å². The molecule has 0 spiro atoms. The van der Waals surface area contributed by atoms with Gasteiger partial charge in [-0.3, -0.25) is 4.79 Å². The zero-order valence-corrected chi connectivity index (χ0v) is 13.9. The molecule has 1 aromatic carbocycles. The number of hydrogen-bond donors (Lipinski definition) is 1. The lowest BCUT2D eigenvalue weighted by atomic mass is 9.94. The zero-order valence-electron chi connectivity index (χ0n) is 13.9. The number of hydrogen-bond acceptors (Lipinski definition) is 3. The molecule has 0 heterocycles. The fraction of sp³-hybridized carbons (Fsp3) is 0.444. The number of halogens is 3. The third-order valence-electron chi connectivity index (χ3n) is 4.30. The van der Waals surface area contributed by atoms with E-state index in [1.54, 1.807) is 0 Å². The van der Waals surface area contributed by atoms with E-state index in [-0.39, 0.29) is 17.3 Å². The third kappa shape index (κ3) is 5.24. The van der Waals surface area contributed by atoms with Crippen molar-refractivity contribution in [2.24, 2.45) is 0 Å². The van der Waals surface area contributed by atoms with Crippen LogP contribution in [0.2, 0.25) is 0 Å². The summed E-state index contributed by atoms with van der Waals surface area (Å²) in [6, 6.07) is 6.43. The minimum Gasteiger partial charge on any atom is -0.376 e. The van der Waals surface area contributed by atoms with Gasteiger partial charge in [0.05, 0.1) is 5.56 Å². The Kier molecular flexibility index (Phi) is 6.07. The summed E-state index contributed by atoms with van der Waals surface area (Å²) < 4.78 is 38.2. The minimum absolute atomic E-state index is 0.00120. The highest BCUT2D eigenvalue weighted by Crippen LogP contribution is 2.30. The van der Waals surface area contributed by atoms with E-state index >= 15 is 0 Å². The lowest BCUT2D eigenvalue weighted by Gasteiger charge is -2.30. The van der Waals surface area contributed by atoms with Gasteiger partial charge in [-0.15, -0.1) is 0 Å². The average Bonchev–Trinajstić information content (AvgIpc) is 2.59. The van der Waals surface area contributed by atoms with Crippen LogP contribution in [0.5, 0.6) is 0 Å². The van der Waals surface area contributed by atoms with Crippen LogP contribution in [0, 0.1) is 11.3 Å². The van der Waals surface area contributed by atoms with E-state index in [4.69, 9.17) is 0 Å². The van der Waals surface area contributed by atoms with Gasteiger partial charge in [-0.2, -0.15) is 18.4 Å². The monoisotopic (exact) mass is 351 g/mol. The maximum atomic E-state index is 12.7. The van der Waals surface area contributed by atoms with Crippen molar-refractivity contribution >= 4 is 11.6 Å². The number of nitrogens with one attached hydrogen (secondary N) is 1. The molecule has 134 valence electrons. The standard InChI is InChI=1S/C18H20F3N3O/c1-24(16-8-3-2-4-9-16)12-13(11-22)17(25)23-15-7-5-6-14(10-15)18(19,20)21/h5-7,10,12,16H,2-4,8-9H2,1H3,(H,23,25)/b13-12-. The molecule has 1 fully saturated rings. The van der Waals surface area contributed by atoms with Gasteiger partial charge in [0, 0.05) is 25.0 Å². The molecule has 25 heavy (non-hydrogen) atoms. The predicted molar refractivity (Wildman–Crippen MR) is 88.4 cm³/mol. The summed E-state index contributed by atoms with van der Waals surface area (Å²) in [7, 11) is 1.81. The van der Waals surface area contributed by atoms with Crippen molar-refractivity contribution in [1.29, 1.82) is 5.26 Å². The molecule has 7 heteroatoms. The third-order valence-corrected chi connectivity index (χ3v) is 4.30. The highest BCUT2D eigenvalue weighted by molar-refractivity contribution is 6.06. The first-order valence-corrected chi connectivity index (χ1v) is 8.13. The van der Waals surface area contributed by atoms with Crippen molar-refractivity contribution in [2.45, 2.75) is 44.3 Å². The summed E-state index contributed by atoms with van der Waals surface area (Å²) >= 11 is 0. The summed E-state index contributed by atoms with van der Waals surface area (Å²) in [5.74, 6) is -0.718. The number of anilines is 1. The molecule has 0 unspecified atom stereocenters. The fourth-order valence-electron chi connectivity index (χ4n) is 2.91. The van der Waals surface area contributed by atoms with E-state index in [2.05, 4.69) is 5.32 Å². The van der Waals surface area contributed by atoms with E-state index in [0.717, 1.165) is 37.8 Å². The molecule has 1 saturated carbocycles. The number of amides is 1. The molecule has 4 nitrogen and oxygen atoms in total. The van der Waals surface area contributed by atoms with E-state index in [0.29, 0.717) is 0 Å². The number of carbonyl (C=O) groups is 1. The first-order valence-electron chi connectivity index (χ1n) is 8.13. The summed E-state index contributed by atoms with van der Waals surface area (Å²) in [5, 5.41) is 11.6. The molecular formula is C18H20F3N3O. The first-order chi connectivity index (χ1) is 11.8. The van der Waals surface area contributed by atoms with E-state index < -0.39 is 17.6 Å². The maximum absolute atomic E-state index is 12.7. The quantitative estimate of drug-likeness (QED) is 0.649. The predicted octanol–water partition coefficient (Wildman–Crippen LogP) is 4.32. The van der Waals surface area contributed by atoms with Crippen LogP contribution in [-0.2, 0) is 11.0 Å². The average molecular weight is 351 g/mol. The Morgan fingerprint density at radius 1 is 1.32 bits per heavy atom. The van der Waals surface area contributed by atoms with Crippen molar-refractivity contribution in [3.8, 4) is 6.07 Å². The molecule has 0 atom stereocenters. The Hall–Kier alpha value is -2.49. The zero-order chi connectivity index (χ0) is 18.4. The van der Waals surface area contributed by atoms with E-state index in [9.17, 15) is 23.2 Å². The second-order valence-corrected chi connectivity index (χ2v) is 6.14. The molecule has 0 saturated heterocycles. The molecule has 1 amide bonds. The van der Waals surface area contributed by atoms with Crippen LogP contribution < -0.4 is 5.32 Å². The number of alkyl halides is 3. The second-order valence-electron chi connectivity index (χ2n) is 6.14. The Morgan fingerprint density at radius 3 is 2.60 bits per heavy atom. The van der Waals surface area contributed by atoms with Gasteiger partial charge in [0.15, 0.2) is 0 Å². The van der Waals surface area contributed by atoms with Gasteiger partial charge in [-0.1, -0.05) is 25.3 Å². The molecule has 2 rings (SSSR count). The molecule has 1 aromatic rings. The van der Waals surface area contributed by atoms with Gasteiger partial charge >= 0.3 is 6.18 Å². The number of nitrogens with zero attached hydrogens (tertiary/aromatic N) is 2. The van der Waals surface area contributed by atoms with Gasteiger partial charge in [-0.25, -0.2) is 0 Å². The van der Waals surface area contributed by atoms with Crippen LogP contribution in [-0.4, -0.2) is 23.9 Å². The van der Waals surface area contributed by atoms with Crippen molar-refractivity contribution < 1.29 is 18.0 Å². The van der Waals surface area contributed by atoms with Crippen molar-refractivity contribution in [3.05, 3.63) is 41.6 Å². The minimum atomic E-state index is -4.49. The summed E-state index contributed by atoms with van der Waals surface area (Å²) in [5.41, 5.74) is -0.987. The molecule has 1 N–H and O–H groups in total. The molecule has 1 aliphatic carbocycles. The number of carbonyl (C=O) groups excluding carboxylic acids is 1. The highest BCUT2D eigenvalue weighted by Gasteiger charge is 2.30. The Bertz CT molecular complexity index is 686. The molecular weight excluding hydrogens is 331 g/mol. The molecule has 0 bridgehead atoms. The Morgan fingerprint density at radius 2 is 2.00 bits per heavy atom. The van der Waals surface area contributed by atoms with Crippen molar-refractivity contribution in [3.63, 3.8) is 0 Å². The number of rotatable bonds is 4. The van der Waals surface area contributed by atoms with E-state index in [1.165, 1.54) is 24.8 Å². The highest BCUT2D eigenvalue weighted by atomic mass is 19.4. The summed E-state index contributed by atoms with van der Waals surface area (Å²) in [4.78, 5) is 14.1. The normalized spacial score (nSPS) is 16.2. The largest absolute Gasteiger partial charge is 0.416 e. The Balaban J connectivity index is 2.09. The fourth-order valence-corrected chi connectivity index (χ4v) is 2.91. The van der Waals surface area contributed by atoms with E-state index in [1.807, 2.05) is 18.0 Å².